The number of fused-ring (bicyclic) bond motifs is 1. The molecular weight excluding hydrogens is 479 g/mol. The van der Waals surface area contributed by atoms with E-state index in [1.807, 2.05) is 42.1 Å². The summed E-state index contributed by atoms with van der Waals surface area (Å²) in [5.41, 5.74) is 1.40. The van der Waals surface area contributed by atoms with E-state index in [1.165, 1.54) is 12.1 Å². The van der Waals surface area contributed by atoms with E-state index in [2.05, 4.69) is 20.3 Å². The minimum atomic E-state index is -4.40. The summed E-state index contributed by atoms with van der Waals surface area (Å²) in [5.74, 6) is 1.18. The van der Waals surface area contributed by atoms with Crippen LogP contribution in [0.25, 0.3) is 21.6 Å². The number of benzene rings is 2. The SMILES string of the molecule is CN(C)c1nc2ccc(-c3nc(Nc4ccc(C(F)(F)F)cc4)nc(N4CCOCC4)n3)cc2s1. The zero-order chi connectivity index (χ0) is 24.6. The zero-order valence-corrected chi connectivity index (χ0v) is 19.8. The number of aromatic nitrogens is 4. The Balaban J connectivity index is 1.52. The van der Waals surface area contributed by atoms with Crippen LogP contribution in [0.15, 0.2) is 42.5 Å². The number of hydrogen-bond acceptors (Lipinski definition) is 9. The number of thiazole rings is 1. The first-order valence-electron chi connectivity index (χ1n) is 10.9. The zero-order valence-electron chi connectivity index (χ0n) is 19.0. The van der Waals surface area contributed by atoms with Crippen LogP contribution in [0, 0.1) is 0 Å². The lowest BCUT2D eigenvalue weighted by atomic mass is 10.2. The lowest BCUT2D eigenvalue weighted by molar-refractivity contribution is -0.137. The number of nitrogens with zero attached hydrogens (tertiary/aromatic N) is 6. The predicted molar refractivity (Wildman–Crippen MR) is 131 cm³/mol. The third-order valence-electron chi connectivity index (χ3n) is 5.40. The van der Waals surface area contributed by atoms with Gasteiger partial charge in [-0.15, -0.1) is 0 Å². The Morgan fingerprint density at radius 3 is 2.40 bits per heavy atom. The number of nitrogens with one attached hydrogen (secondary N) is 1. The summed E-state index contributed by atoms with van der Waals surface area (Å²) in [5, 5.41) is 3.92. The molecule has 1 aliphatic heterocycles. The quantitative estimate of drug-likeness (QED) is 0.417. The number of hydrogen-bond donors (Lipinski definition) is 1. The van der Waals surface area contributed by atoms with Gasteiger partial charge in [0.05, 0.1) is 29.0 Å². The maximum Gasteiger partial charge on any atom is 0.416 e. The Bertz CT molecular complexity index is 1340. The normalized spacial score (nSPS) is 14.4. The van der Waals surface area contributed by atoms with Gasteiger partial charge in [-0.1, -0.05) is 11.3 Å². The van der Waals surface area contributed by atoms with Crippen molar-refractivity contribution in [3.05, 3.63) is 48.0 Å². The standard InChI is InChI=1S/C23H22F3N7OS/c1-32(2)22-28-17-8-3-14(13-18(17)35-22)19-29-20(31-21(30-19)33-9-11-34-12-10-33)27-16-6-4-15(5-7-16)23(24,25)26/h3-8,13H,9-12H2,1-2H3,(H,27,29,30,31). The molecule has 0 atom stereocenters. The molecule has 1 aliphatic rings. The first-order valence-corrected chi connectivity index (χ1v) is 11.7. The van der Waals surface area contributed by atoms with Crippen LogP contribution >= 0.6 is 11.3 Å². The lowest BCUT2D eigenvalue weighted by Crippen LogP contribution is -2.37. The van der Waals surface area contributed by atoms with E-state index in [1.54, 1.807) is 11.3 Å². The second-order valence-corrected chi connectivity index (χ2v) is 9.16. The van der Waals surface area contributed by atoms with Crippen molar-refractivity contribution in [2.75, 3.05) is 55.5 Å². The van der Waals surface area contributed by atoms with Crippen LogP contribution in [0.1, 0.15) is 5.56 Å². The van der Waals surface area contributed by atoms with E-state index < -0.39 is 11.7 Å². The minimum Gasteiger partial charge on any atom is -0.378 e. The van der Waals surface area contributed by atoms with E-state index >= 15 is 0 Å². The summed E-state index contributed by atoms with van der Waals surface area (Å²) < 4.78 is 45.2. The Morgan fingerprint density at radius 2 is 1.71 bits per heavy atom. The van der Waals surface area contributed by atoms with Crippen molar-refractivity contribution < 1.29 is 17.9 Å². The smallest absolute Gasteiger partial charge is 0.378 e. The van der Waals surface area contributed by atoms with E-state index in [0.29, 0.717) is 43.8 Å². The van der Waals surface area contributed by atoms with Crippen LogP contribution in [0.2, 0.25) is 0 Å². The molecule has 1 N–H and O–H groups in total. The molecule has 2 aromatic carbocycles. The van der Waals surface area contributed by atoms with Gasteiger partial charge in [-0.3, -0.25) is 0 Å². The van der Waals surface area contributed by atoms with Gasteiger partial charge in [0.25, 0.3) is 0 Å². The van der Waals surface area contributed by atoms with Crippen molar-refractivity contribution in [1.29, 1.82) is 0 Å². The molecule has 1 fully saturated rings. The highest BCUT2D eigenvalue weighted by atomic mass is 32.1. The fourth-order valence-electron chi connectivity index (χ4n) is 3.57. The molecule has 8 nitrogen and oxygen atoms in total. The number of morpholine rings is 1. The molecule has 0 unspecified atom stereocenters. The predicted octanol–water partition coefficient (Wildman–Crippen LogP) is 4.81. The largest absolute Gasteiger partial charge is 0.416 e. The summed E-state index contributed by atoms with van der Waals surface area (Å²) in [6.07, 6.45) is -4.40. The molecule has 0 aliphatic carbocycles. The Kier molecular flexibility index (Phi) is 6.15. The molecular formula is C23H22F3N7OS. The number of alkyl halides is 3. The third-order valence-corrected chi connectivity index (χ3v) is 6.59. The Morgan fingerprint density at radius 1 is 0.971 bits per heavy atom. The fraction of sp³-hybridized carbons (Fsp3) is 0.304. The monoisotopic (exact) mass is 501 g/mol. The van der Waals surface area contributed by atoms with Crippen molar-refractivity contribution in [3.8, 4) is 11.4 Å². The molecule has 4 aromatic rings. The van der Waals surface area contributed by atoms with Crippen LogP contribution in [-0.4, -0.2) is 60.3 Å². The van der Waals surface area contributed by atoms with Crippen molar-refractivity contribution >= 4 is 44.3 Å². The number of halogens is 3. The third kappa shape index (κ3) is 5.13. The van der Waals surface area contributed by atoms with Gasteiger partial charge in [0.15, 0.2) is 11.0 Å². The highest BCUT2D eigenvalue weighted by Crippen LogP contribution is 2.32. The molecule has 12 heteroatoms. The summed E-state index contributed by atoms with van der Waals surface area (Å²) in [6.45, 7) is 2.37. The summed E-state index contributed by atoms with van der Waals surface area (Å²) in [7, 11) is 3.89. The summed E-state index contributed by atoms with van der Waals surface area (Å²) >= 11 is 1.57. The molecule has 35 heavy (non-hydrogen) atoms. The Hall–Kier alpha value is -3.51. The number of ether oxygens (including phenoxy) is 1. The van der Waals surface area contributed by atoms with Gasteiger partial charge in [0.2, 0.25) is 11.9 Å². The molecule has 0 amide bonds. The van der Waals surface area contributed by atoms with E-state index in [-0.39, 0.29) is 5.95 Å². The van der Waals surface area contributed by atoms with Gasteiger partial charge in [0.1, 0.15) is 0 Å². The van der Waals surface area contributed by atoms with E-state index in [9.17, 15) is 13.2 Å². The topological polar surface area (TPSA) is 79.3 Å². The maximum absolute atomic E-state index is 12.9. The summed E-state index contributed by atoms with van der Waals surface area (Å²) in [4.78, 5) is 22.4. The van der Waals surface area contributed by atoms with Crippen LogP contribution in [-0.2, 0) is 10.9 Å². The van der Waals surface area contributed by atoms with Crippen molar-refractivity contribution in [3.63, 3.8) is 0 Å². The molecule has 2 aromatic heterocycles. The molecule has 0 spiro atoms. The van der Waals surface area contributed by atoms with Gasteiger partial charge < -0.3 is 19.9 Å². The van der Waals surface area contributed by atoms with Gasteiger partial charge in [-0.25, -0.2) is 4.98 Å². The first kappa shape index (κ1) is 23.2. The van der Waals surface area contributed by atoms with Gasteiger partial charge in [-0.2, -0.15) is 28.1 Å². The molecule has 182 valence electrons. The highest BCUT2D eigenvalue weighted by Gasteiger charge is 2.30. The average Bonchev–Trinajstić information content (AvgIpc) is 3.28. The lowest BCUT2D eigenvalue weighted by Gasteiger charge is -2.27. The van der Waals surface area contributed by atoms with Gasteiger partial charge in [0, 0.05) is 38.4 Å². The second-order valence-electron chi connectivity index (χ2n) is 8.16. The van der Waals surface area contributed by atoms with Crippen molar-refractivity contribution in [1.82, 2.24) is 19.9 Å². The van der Waals surface area contributed by atoms with Crippen LogP contribution in [0.3, 0.4) is 0 Å². The highest BCUT2D eigenvalue weighted by molar-refractivity contribution is 7.22. The van der Waals surface area contributed by atoms with E-state index in [4.69, 9.17) is 9.72 Å². The first-order chi connectivity index (χ1) is 16.8. The fourth-order valence-corrected chi connectivity index (χ4v) is 4.50. The van der Waals surface area contributed by atoms with Crippen molar-refractivity contribution in [2.24, 2.45) is 0 Å². The number of rotatable bonds is 5. The second kappa shape index (κ2) is 9.27. The summed E-state index contributed by atoms with van der Waals surface area (Å²) in [6, 6.07) is 10.6. The molecule has 0 bridgehead atoms. The number of anilines is 4. The van der Waals surface area contributed by atoms with Crippen molar-refractivity contribution in [2.45, 2.75) is 6.18 Å². The average molecular weight is 502 g/mol. The molecule has 0 saturated carbocycles. The maximum atomic E-state index is 12.9. The van der Waals surface area contributed by atoms with Gasteiger partial charge >= 0.3 is 6.18 Å². The van der Waals surface area contributed by atoms with Crippen LogP contribution in [0.4, 0.5) is 35.9 Å². The molecule has 3 heterocycles. The molecule has 1 saturated heterocycles. The van der Waals surface area contributed by atoms with Gasteiger partial charge in [-0.05, 0) is 42.5 Å². The molecule has 5 rings (SSSR count). The minimum absolute atomic E-state index is 0.245. The molecule has 0 radical (unpaired) electrons. The van der Waals surface area contributed by atoms with Crippen LogP contribution < -0.4 is 15.1 Å². The Labute approximate surface area is 203 Å². The van der Waals surface area contributed by atoms with E-state index in [0.717, 1.165) is 33.0 Å². The van der Waals surface area contributed by atoms with Crippen LogP contribution in [0.5, 0.6) is 0 Å².